The fourth-order valence-corrected chi connectivity index (χ4v) is 2.52. The lowest BCUT2D eigenvalue weighted by atomic mass is 9.97. The van der Waals surface area contributed by atoms with Gasteiger partial charge in [-0.1, -0.05) is 25.5 Å². The van der Waals surface area contributed by atoms with E-state index in [0.29, 0.717) is 5.92 Å². The molecule has 0 atom stereocenters. The first kappa shape index (κ1) is 15.8. The zero-order chi connectivity index (χ0) is 14.9. The minimum atomic E-state index is 0.709. The normalized spacial score (nSPS) is 14.9. The molecule has 0 aromatic carbocycles. The van der Waals surface area contributed by atoms with E-state index in [0.717, 1.165) is 37.6 Å². The molecule has 1 aliphatic carbocycles. The molecular formula is C17H28N4. The van der Waals surface area contributed by atoms with Crippen molar-refractivity contribution in [2.45, 2.75) is 52.4 Å². The van der Waals surface area contributed by atoms with E-state index in [1.165, 1.54) is 25.7 Å². The summed E-state index contributed by atoms with van der Waals surface area (Å²) in [5.74, 6) is 2.53. The molecule has 0 saturated carbocycles. The maximum atomic E-state index is 4.28. The van der Waals surface area contributed by atoms with Crippen LogP contribution in [0.5, 0.6) is 0 Å². The predicted octanol–water partition coefficient (Wildman–Crippen LogP) is 4.24. The molecule has 1 aliphatic rings. The SMILES string of the molecule is CC(C)CCNc1cc(NCCC2=CCCCC2)ncn1. The van der Waals surface area contributed by atoms with Crippen molar-refractivity contribution in [1.29, 1.82) is 0 Å². The maximum Gasteiger partial charge on any atom is 0.131 e. The van der Waals surface area contributed by atoms with Crippen LogP contribution in [0.1, 0.15) is 52.4 Å². The molecule has 1 aromatic rings. The van der Waals surface area contributed by atoms with E-state index in [-0.39, 0.29) is 0 Å². The molecule has 0 radical (unpaired) electrons. The number of nitrogens with zero attached hydrogens (tertiary/aromatic N) is 2. The van der Waals surface area contributed by atoms with Gasteiger partial charge in [-0.3, -0.25) is 0 Å². The number of anilines is 2. The van der Waals surface area contributed by atoms with Gasteiger partial charge < -0.3 is 10.6 Å². The second-order valence-electron chi connectivity index (χ2n) is 6.18. The summed E-state index contributed by atoms with van der Waals surface area (Å²) in [6.07, 6.45) is 11.5. The molecule has 0 bridgehead atoms. The van der Waals surface area contributed by atoms with Crippen molar-refractivity contribution in [1.82, 2.24) is 9.97 Å². The van der Waals surface area contributed by atoms with Crippen LogP contribution in [-0.2, 0) is 0 Å². The molecule has 1 heterocycles. The van der Waals surface area contributed by atoms with Crippen molar-refractivity contribution in [3.8, 4) is 0 Å². The van der Waals surface area contributed by atoms with Gasteiger partial charge in [0.2, 0.25) is 0 Å². The second kappa shape index (κ2) is 8.65. The van der Waals surface area contributed by atoms with E-state index in [9.17, 15) is 0 Å². The molecule has 2 rings (SSSR count). The van der Waals surface area contributed by atoms with Crippen LogP contribution in [0.25, 0.3) is 0 Å². The molecule has 0 spiro atoms. The van der Waals surface area contributed by atoms with Crippen LogP contribution in [0.4, 0.5) is 11.6 Å². The monoisotopic (exact) mass is 288 g/mol. The van der Waals surface area contributed by atoms with Crippen LogP contribution < -0.4 is 10.6 Å². The topological polar surface area (TPSA) is 49.8 Å². The van der Waals surface area contributed by atoms with Gasteiger partial charge in [-0.05, 0) is 44.4 Å². The third-order valence-electron chi connectivity index (χ3n) is 3.83. The summed E-state index contributed by atoms with van der Waals surface area (Å²) in [5.41, 5.74) is 1.60. The van der Waals surface area contributed by atoms with Crippen molar-refractivity contribution in [3.63, 3.8) is 0 Å². The second-order valence-corrected chi connectivity index (χ2v) is 6.18. The quantitative estimate of drug-likeness (QED) is 0.703. The molecular weight excluding hydrogens is 260 g/mol. The Labute approximate surface area is 128 Å². The summed E-state index contributed by atoms with van der Waals surface area (Å²) in [4.78, 5) is 8.54. The standard InChI is InChI=1S/C17H28N4/c1-14(2)8-10-18-16-12-17(21-13-20-16)19-11-9-15-6-4-3-5-7-15/h6,12-14H,3-5,7-11H2,1-2H3,(H2,18,19,20,21). The lowest BCUT2D eigenvalue weighted by Gasteiger charge is -2.13. The Morgan fingerprint density at radius 1 is 1.10 bits per heavy atom. The fraction of sp³-hybridized carbons (Fsp3) is 0.647. The molecule has 0 unspecified atom stereocenters. The number of aromatic nitrogens is 2. The first-order valence-corrected chi connectivity index (χ1v) is 8.22. The Morgan fingerprint density at radius 2 is 1.86 bits per heavy atom. The highest BCUT2D eigenvalue weighted by Crippen LogP contribution is 2.20. The van der Waals surface area contributed by atoms with Gasteiger partial charge >= 0.3 is 0 Å². The molecule has 2 N–H and O–H groups in total. The highest BCUT2D eigenvalue weighted by molar-refractivity contribution is 5.46. The van der Waals surface area contributed by atoms with Gasteiger partial charge in [-0.25, -0.2) is 9.97 Å². The minimum absolute atomic E-state index is 0.709. The van der Waals surface area contributed by atoms with Gasteiger partial charge in [0.15, 0.2) is 0 Å². The Hall–Kier alpha value is -1.58. The zero-order valence-corrected chi connectivity index (χ0v) is 13.4. The van der Waals surface area contributed by atoms with E-state index in [1.54, 1.807) is 11.9 Å². The summed E-state index contributed by atoms with van der Waals surface area (Å²) >= 11 is 0. The Kier molecular flexibility index (Phi) is 6.51. The maximum absolute atomic E-state index is 4.28. The largest absolute Gasteiger partial charge is 0.370 e. The summed E-state index contributed by atoms with van der Waals surface area (Å²) < 4.78 is 0. The van der Waals surface area contributed by atoms with E-state index < -0.39 is 0 Å². The van der Waals surface area contributed by atoms with Gasteiger partial charge in [0.1, 0.15) is 18.0 Å². The van der Waals surface area contributed by atoms with E-state index >= 15 is 0 Å². The van der Waals surface area contributed by atoms with Gasteiger partial charge in [-0.15, -0.1) is 0 Å². The lowest BCUT2D eigenvalue weighted by Crippen LogP contribution is -2.09. The Morgan fingerprint density at radius 3 is 2.52 bits per heavy atom. The van der Waals surface area contributed by atoms with Crippen molar-refractivity contribution < 1.29 is 0 Å². The number of allylic oxidation sites excluding steroid dienone is 1. The number of hydrogen-bond acceptors (Lipinski definition) is 4. The van der Waals surface area contributed by atoms with Gasteiger partial charge in [0, 0.05) is 19.2 Å². The average molecular weight is 288 g/mol. The Balaban J connectivity index is 1.73. The summed E-state index contributed by atoms with van der Waals surface area (Å²) in [6.45, 7) is 6.37. The predicted molar refractivity (Wildman–Crippen MR) is 89.6 cm³/mol. The van der Waals surface area contributed by atoms with E-state index in [1.807, 2.05) is 6.07 Å². The average Bonchev–Trinajstić information content (AvgIpc) is 2.48. The van der Waals surface area contributed by atoms with Gasteiger partial charge in [0.05, 0.1) is 0 Å². The lowest BCUT2D eigenvalue weighted by molar-refractivity contribution is 0.606. The zero-order valence-electron chi connectivity index (χ0n) is 13.4. The van der Waals surface area contributed by atoms with Gasteiger partial charge in [-0.2, -0.15) is 0 Å². The van der Waals surface area contributed by atoms with E-state index in [4.69, 9.17) is 0 Å². The van der Waals surface area contributed by atoms with Crippen LogP contribution >= 0.6 is 0 Å². The van der Waals surface area contributed by atoms with E-state index in [2.05, 4.69) is 40.5 Å². The third-order valence-corrected chi connectivity index (χ3v) is 3.83. The summed E-state index contributed by atoms with van der Waals surface area (Å²) in [7, 11) is 0. The van der Waals surface area contributed by atoms with Crippen LogP contribution in [0.3, 0.4) is 0 Å². The van der Waals surface area contributed by atoms with Gasteiger partial charge in [0.25, 0.3) is 0 Å². The van der Waals surface area contributed by atoms with Crippen molar-refractivity contribution in [3.05, 3.63) is 24.0 Å². The molecule has 21 heavy (non-hydrogen) atoms. The Bertz CT molecular complexity index is 454. The molecule has 4 nitrogen and oxygen atoms in total. The molecule has 0 saturated heterocycles. The molecule has 4 heteroatoms. The minimum Gasteiger partial charge on any atom is -0.370 e. The van der Waals surface area contributed by atoms with Crippen LogP contribution in [0, 0.1) is 5.92 Å². The molecule has 0 amide bonds. The third kappa shape index (κ3) is 6.15. The fourth-order valence-electron chi connectivity index (χ4n) is 2.52. The molecule has 0 aliphatic heterocycles. The molecule has 116 valence electrons. The van der Waals surface area contributed by atoms with Crippen LogP contribution in [-0.4, -0.2) is 23.1 Å². The number of hydrogen-bond donors (Lipinski definition) is 2. The van der Waals surface area contributed by atoms with Crippen molar-refractivity contribution >= 4 is 11.6 Å². The van der Waals surface area contributed by atoms with Crippen molar-refractivity contribution in [2.75, 3.05) is 23.7 Å². The first-order chi connectivity index (χ1) is 10.2. The highest BCUT2D eigenvalue weighted by Gasteiger charge is 2.04. The first-order valence-electron chi connectivity index (χ1n) is 8.22. The number of rotatable bonds is 8. The van der Waals surface area contributed by atoms with Crippen LogP contribution in [0.15, 0.2) is 24.0 Å². The highest BCUT2D eigenvalue weighted by atomic mass is 15.1. The van der Waals surface area contributed by atoms with Crippen molar-refractivity contribution in [2.24, 2.45) is 5.92 Å². The smallest absolute Gasteiger partial charge is 0.131 e. The number of nitrogens with one attached hydrogen (secondary N) is 2. The summed E-state index contributed by atoms with van der Waals surface area (Å²) in [5, 5.41) is 6.75. The summed E-state index contributed by atoms with van der Waals surface area (Å²) in [6, 6.07) is 2.00. The molecule has 1 aromatic heterocycles. The molecule has 0 fully saturated rings. The van der Waals surface area contributed by atoms with Crippen LogP contribution in [0.2, 0.25) is 0 Å².